The van der Waals surface area contributed by atoms with Crippen LogP contribution in [-0.4, -0.2) is 6.61 Å². The third-order valence-electron chi connectivity index (χ3n) is 2.86. The molecule has 0 aromatic heterocycles. The molecule has 1 atom stereocenters. The molecule has 0 amide bonds. The van der Waals surface area contributed by atoms with E-state index in [4.69, 9.17) is 5.73 Å². The zero-order chi connectivity index (χ0) is 15.6. The standard InChI is InChI=1S/C14H10F5NO/c15-10-6-5-9(11(16)12(10)17)13(20)7-1-3-8(4-2-7)21-14(18)19/h1-6,13-14H,20H2. The van der Waals surface area contributed by atoms with E-state index in [9.17, 15) is 22.0 Å². The highest BCUT2D eigenvalue weighted by Crippen LogP contribution is 2.26. The highest BCUT2D eigenvalue weighted by atomic mass is 19.3. The molecular formula is C14H10F5NO. The molecule has 2 N–H and O–H groups in total. The first-order valence-corrected chi connectivity index (χ1v) is 5.84. The number of hydrogen-bond acceptors (Lipinski definition) is 2. The van der Waals surface area contributed by atoms with E-state index in [2.05, 4.69) is 4.74 Å². The highest BCUT2D eigenvalue weighted by Gasteiger charge is 2.19. The summed E-state index contributed by atoms with van der Waals surface area (Å²) in [6.07, 6.45) is 0. The summed E-state index contributed by atoms with van der Waals surface area (Å²) in [5.74, 6) is -4.40. The van der Waals surface area contributed by atoms with E-state index in [1.54, 1.807) is 0 Å². The summed E-state index contributed by atoms with van der Waals surface area (Å²) in [6.45, 7) is -2.96. The van der Waals surface area contributed by atoms with Crippen molar-refractivity contribution >= 4 is 0 Å². The second-order valence-corrected chi connectivity index (χ2v) is 4.19. The molecule has 0 spiro atoms. The molecule has 112 valence electrons. The lowest BCUT2D eigenvalue weighted by molar-refractivity contribution is -0.0498. The van der Waals surface area contributed by atoms with Gasteiger partial charge in [-0.2, -0.15) is 8.78 Å². The Hall–Kier alpha value is -2.15. The molecule has 0 fully saturated rings. The third-order valence-corrected chi connectivity index (χ3v) is 2.86. The van der Waals surface area contributed by atoms with Crippen molar-refractivity contribution in [3.8, 4) is 5.75 Å². The average Bonchev–Trinajstić information content (AvgIpc) is 2.44. The minimum atomic E-state index is -2.96. The number of rotatable bonds is 4. The molecule has 2 aromatic carbocycles. The average molecular weight is 303 g/mol. The van der Waals surface area contributed by atoms with Crippen LogP contribution >= 0.6 is 0 Å². The molecule has 0 aliphatic carbocycles. The molecule has 21 heavy (non-hydrogen) atoms. The van der Waals surface area contributed by atoms with Crippen LogP contribution in [0.5, 0.6) is 5.75 Å². The Morgan fingerprint density at radius 2 is 1.48 bits per heavy atom. The Morgan fingerprint density at radius 1 is 0.857 bits per heavy atom. The van der Waals surface area contributed by atoms with Gasteiger partial charge < -0.3 is 10.5 Å². The van der Waals surface area contributed by atoms with E-state index in [1.165, 1.54) is 24.3 Å². The van der Waals surface area contributed by atoms with Crippen LogP contribution in [0.3, 0.4) is 0 Å². The monoisotopic (exact) mass is 303 g/mol. The molecule has 0 saturated heterocycles. The number of benzene rings is 2. The van der Waals surface area contributed by atoms with Gasteiger partial charge in [-0.3, -0.25) is 0 Å². The van der Waals surface area contributed by atoms with Gasteiger partial charge in [-0.1, -0.05) is 18.2 Å². The molecule has 0 radical (unpaired) electrons. The molecule has 2 aromatic rings. The van der Waals surface area contributed by atoms with Crippen molar-refractivity contribution in [2.75, 3.05) is 0 Å². The van der Waals surface area contributed by atoms with E-state index < -0.39 is 30.1 Å². The molecule has 2 rings (SSSR count). The smallest absolute Gasteiger partial charge is 0.387 e. The SMILES string of the molecule is NC(c1ccc(OC(F)F)cc1)c1ccc(F)c(F)c1F. The molecule has 0 saturated carbocycles. The highest BCUT2D eigenvalue weighted by molar-refractivity contribution is 5.36. The Balaban J connectivity index is 2.28. The van der Waals surface area contributed by atoms with Crippen molar-refractivity contribution < 1.29 is 26.7 Å². The quantitative estimate of drug-likeness (QED) is 0.689. The Morgan fingerprint density at radius 3 is 2.05 bits per heavy atom. The molecule has 2 nitrogen and oxygen atoms in total. The van der Waals surface area contributed by atoms with Crippen molar-refractivity contribution in [1.29, 1.82) is 0 Å². The van der Waals surface area contributed by atoms with Gasteiger partial charge in [-0.15, -0.1) is 0 Å². The fourth-order valence-electron chi connectivity index (χ4n) is 1.82. The van der Waals surface area contributed by atoms with Gasteiger partial charge in [0.25, 0.3) is 0 Å². The summed E-state index contributed by atoms with van der Waals surface area (Å²) >= 11 is 0. The molecular weight excluding hydrogens is 293 g/mol. The number of ether oxygens (including phenoxy) is 1. The van der Waals surface area contributed by atoms with Gasteiger partial charge in [0.1, 0.15) is 5.75 Å². The lowest BCUT2D eigenvalue weighted by Gasteiger charge is -2.14. The van der Waals surface area contributed by atoms with Crippen molar-refractivity contribution in [1.82, 2.24) is 0 Å². The topological polar surface area (TPSA) is 35.2 Å². The van der Waals surface area contributed by atoms with Crippen LogP contribution in [0.2, 0.25) is 0 Å². The number of hydrogen-bond donors (Lipinski definition) is 1. The Labute approximate surface area is 116 Å². The second kappa shape index (κ2) is 6.09. The minimum Gasteiger partial charge on any atom is -0.435 e. The van der Waals surface area contributed by atoms with Gasteiger partial charge in [0.2, 0.25) is 0 Å². The van der Waals surface area contributed by atoms with Crippen molar-refractivity contribution in [2.24, 2.45) is 5.73 Å². The Kier molecular flexibility index (Phi) is 4.42. The maximum absolute atomic E-state index is 13.6. The van der Waals surface area contributed by atoms with Crippen LogP contribution in [0, 0.1) is 17.5 Å². The molecule has 0 bridgehead atoms. The fourth-order valence-corrected chi connectivity index (χ4v) is 1.82. The molecule has 0 aliphatic heterocycles. The van der Waals surface area contributed by atoms with Gasteiger partial charge in [-0.25, -0.2) is 13.2 Å². The first-order chi connectivity index (χ1) is 9.90. The minimum absolute atomic E-state index is 0.0910. The summed E-state index contributed by atoms with van der Waals surface area (Å²) in [7, 11) is 0. The third kappa shape index (κ3) is 3.30. The van der Waals surface area contributed by atoms with Gasteiger partial charge in [0.15, 0.2) is 17.5 Å². The fraction of sp³-hybridized carbons (Fsp3) is 0.143. The molecule has 0 heterocycles. The van der Waals surface area contributed by atoms with Crippen LogP contribution in [0.25, 0.3) is 0 Å². The second-order valence-electron chi connectivity index (χ2n) is 4.19. The van der Waals surface area contributed by atoms with E-state index in [0.717, 1.165) is 12.1 Å². The predicted octanol–water partition coefficient (Wildman–Crippen LogP) is 3.75. The van der Waals surface area contributed by atoms with Crippen molar-refractivity contribution in [3.63, 3.8) is 0 Å². The largest absolute Gasteiger partial charge is 0.435 e. The van der Waals surface area contributed by atoms with Gasteiger partial charge in [0, 0.05) is 5.56 Å². The van der Waals surface area contributed by atoms with E-state index in [1.807, 2.05) is 0 Å². The van der Waals surface area contributed by atoms with E-state index in [0.29, 0.717) is 5.56 Å². The first kappa shape index (κ1) is 15.2. The van der Waals surface area contributed by atoms with Crippen molar-refractivity contribution in [3.05, 3.63) is 65.0 Å². The zero-order valence-electron chi connectivity index (χ0n) is 10.5. The van der Waals surface area contributed by atoms with Gasteiger partial charge >= 0.3 is 6.61 Å². The lowest BCUT2D eigenvalue weighted by atomic mass is 9.99. The summed E-state index contributed by atoms with van der Waals surface area (Å²) in [6, 6.07) is 5.84. The summed E-state index contributed by atoms with van der Waals surface area (Å²) in [5, 5.41) is 0. The van der Waals surface area contributed by atoms with E-state index >= 15 is 0 Å². The maximum Gasteiger partial charge on any atom is 0.387 e. The van der Waals surface area contributed by atoms with Crippen LogP contribution in [0.1, 0.15) is 17.2 Å². The normalized spacial score (nSPS) is 12.5. The summed E-state index contributed by atoms with van der Waals surface area (Å²) < 4.78 is 67.8. The summed E-state index contributed by atoms with van der Waals surface area (Å²) in [4.78, 5) is 0. The Bertz CT molecular complexity index is 630. The maximum atomic E-state index is 13.6. The van der Waals surface area contributed by atoms with Crippen LogP contribution in [0.15, 0.2) is 36.4 Å². The van der Waals surface area contributed by atoms with Gasteiger partial charge in [0.05, 0.1) is 6.04 Å². The van der Waals surface area contributed by atoms with Crippen LogP contribution < -0.4 is 10.5 Å². The molecule has 0 aliphatic rings. The molecule has 7 heteroatoms. The van der Waals surface area contributed by atoms with E-state index in [-0.39, 0.29) is 11.3 Å². The van der Waals surface area contributed by atoms with Gasteiger partial charge in [-0.05, 0) is 23.8 Å². The zero-order valence-corrected chi connectivity index (χ0v) is 10.5. The van der Waals surface area contributed by atoms with Crippen molar-refractivity contribution in [2.45, 2.75) is 12.7 Å². The predicted molar refractivity (Wildman–Crippen MR) is 65.4 cm³/mol. The number of nitrogens with two attached hydrogens (primary N) is 1. The number of alkyl halides is 2. The molecule has 1 unspecified atom stereocenters. The number of halogens is 5. The summed E-state index contributed by atoms with van der Waals surface area (Å²) in [5.41, 5.74) is 5.86. The van der Waals surface area contributed by atoms with Crippen LogP contribution in [0.4, 0.5) is 22.0 Å². The lowest BCUT2D eigenvalue weighted by Crippen LogP contribution is -2.15. The first-order valence-electron chi connectivity index (χ1n) is 5.84. The van der Waals surface area contributed by atoms with Crippen LogP contribution in [-0.2, 0) is 0 Å².